The third-order valence-electron chi connectivity index (χ3n) is 2.77. The van der Waals surface area contributed by atoms with Crippen LogP contribution < -0.4 is 0 Å². The number of ketones is 1. The van der Waals surface area contributed by atoms with E-state index >= 15 is 0 Å². The molecule has 2 aromatic rings. The summed E-state index contributed by atoms with van der Waals surface area (Å²) >= 11 is 3.30. The minimum Gasteiger partial charge on any atom is -0.289 e. The van der Waals surface area contributed by atoms with Gasteiger partial charge in [-0.1, -0.05) is 0 Å². The molecule has 0 aliphatic heterocycles. The normalized spacial score (nSPS) is 10.8. The molecule has 2 heterocycles. The highest BCUT2D eigenvalue weighted by molar-refractivity contribution is 7.11. The van der Waals surface area contributed by atoms with E-state index in [1.54, 1.807) is 22.7 Å². The van der Waals surface area contributed by atoms with Gasteiger partial charge in [0.15, 0.2) is 5.78 Å². The molecule has 0 saturated carbocycles. The fraction of sp³-hybridized carbons (Fsp3) is 0.308. The molecule has 0 N–H and O–H groups in total. The maximum atomic E-state index is 12.5. The van der Waals surface area contributed by atoms with Crippen molar-refractivity contribution in [3.63, 3.8) is 0 Å². The molecule has 2 rings (SSSR count). The Kier molecular flexibility index (Phi) is 3.00. The standard InChI is InChI=1S/C13H14OS2/c1-7-5-15-9(3)11(7)13(14)12-8(2)6-16-10(12)4/h5-6H,1-4H3. The van der Waals surface area contributed by atoms with Crippen molar-refractivity contribution in [3.8, 4) is 0 Å². The number of aryl methyl sites for hydroxylation is 4. The third kappa shape index (κ3) is 1.74. The van der Waals surface area contributed by atoms with Crippen molar-refractivity contribution in [1.82, 2.24) is 0 Å². The van der Waals surface area contributed by atoms with Gasteiger partial charge in [-0.05, 0) is 49.6 Å². The van der Waals surface area contributed by atoms with Gasteiger partial charge in [0, 0.05) is 20.9 Å². The van der Waals surface area contributed by atoms with Crippen molar-refractivity contribution in [2.45, 2.75) is 27.7 Å². The van der Waals surface area contributed by atoms with E-state index in [4.69, 9.17) is 0 Å². The van der Waals surface area contributed by atoms with Crippen LogP contribution in [0.5, 0.6) is 0 Å². The van der Waals surface area contributed by atoms with Gasteiger partial charge in [0.05, 0.1) is 0 Å². The fourth-order valence-corrected chi connectivity index (χ4v) is 3.63. The Morgan fingerprint density at radius 2 is 1.25 bits per heavy atom. The highest BCUT2D eigenvalue weighted by atomic mass is 32.1. The lowest BCUT2D eigenvalue weighted by molar-refractivity contribution is 0.103. The van der Waals surface area contributed by atoms with E-state index < -0.39 is 0 Å². The average Bonchev–Trinajstić information content (AvgIpc) is 2.71. The number of carbonyl (C=O) groups excluding carboxylic acids is 1. The second kappa shape index (κ2) is 4.15. The second-order valence-electron chi connectivity index (χ2n) is 4.03. The molecule has 0 spiro atoms. The van der Waals surface area contributed by atoms with Gasteiger partial charge in [-0.3, -0.25) is 4.79 Å². The lowest BCUT2D eigenvalue weighted by atomic mass is 9.99. The Morgan fingerprint density at radius 3 is 1.50 bits per heavy atom. The van der Waals surface area contributed by atoms with Gasteiger partial charge in [0.1, 0.15) is 0 Å². The molecule has 0 unspecified atom stereocenters. The van der Waals surface area contributed by atoms with Crippen molar-refractivity contribution in [2.75, 3.05) is 0 Å². The van der Waals surface area contributed by atoms with Gasteiger partial charge < -0.3 is 0 Å². The Labute approximate surface area is 104 Å². The Hall–Kier alpha value is -0.930. The van der Waals surface area contributed by atoms with Crippen LogP contribution in [0, 0.1) is 27.7 Å². The van der Waals surface area contributed by atoms with Crippen LogP contribution in [0.4, 0.5) is 0 Å². The first kappa shape index (κ1) is 11.6. The molecule has 84 valence electrons. The van der Waals surface area contributed by atoms with Crippen molar-refractivity contribution in [1.29, 1.82) is 0 Å². The molecule has 0 fully saturated rings. The average molecular weight is 250 g/mol. The summed E-state index contributed by atoms with van der Waals surface area (Å²) in [5, 5.41) is 4.11. The predicted molar refractivity (Wildman–Crippen MR) is 71.0 cm³/mol. The molecule has 0 aliphatic carbocycles. The molecular formula is C13H14OS2. The van der Waals surface area contributed by atoms with E-state index in [-0.39, 0.29) is 5.78 Å². The zero-order valence-corrected chi connectivity index (χ0v) is 11.5. The molecule has 3 heteroatoms. The van der Waals surface area contributed by atoms with Crippen LogP contribution in [0.15, 0.2) is 10.8 Å². The first-order valence-corrected chi connectivity index (χ1v) is 6.92. The van der Waals surface area contributed by atoms with Gasteiger partial charge in [0.25, 0.3) is 0 Å². The van der Waals surface area contributed by atoms with Crippen LogP contribution >= 0.6 is 22.7 Å². The Bertz CT molecular complexity index is 459. The van der Waals surface area contributed by atoms with Gasteiger partial charge in [-0.2, -0.15) is 0 Å². The van der Waals surface area contributed by atoms with Crippen molar-refractivity contribution >= 4 is 28.5 Å². The number of thiophene rings is 2. The van der Waals surface area contributed by atoms with Gasteiger partial charge in [-0.15, -0.1) is 22.7 Å². The lowest BCUT2D eigenvalue weighted by Gasteiger charge is -2.03. The summed E-state index contributed by atoms with van der Waals surface area (Å²) < 4.78 is 0. The SMILES string of the molecule is Cc1csc(C)c1C(=O)c1c(C)csc1C. The van der Waals surface area contributed by atoms with E-state index in [0.717, 1.165) is 32.0 Å². The maximum absolute atomic E-state index is 12.5. The number of carbonyl (C=O) groups is 1. The summed E-state index contributed by atoms with van der Waals surface area (Å²) in [7, 11) is 0. The molecule has 0 bridgehead atoms. The van der Waals surface area contributed by atoms with Crippen LogP contribution in [-0.4, -0.2) is 5.78 Å². The third-order valence-corrected chi connectivity index (χ3v) is 4.83. The quantitative estimate of drug-likeness (QED) is 0.727. The molecule has 0 aliphatic rings. The van der Waals surface area contributed by atoms with E-state index in [0.29, 0.717) is 0 Å². The van der Waals surface area contributed by atoms with Gasteiger partial charge in [-0.25, -0.2) is 0 Å². The highest BCUT2D eigenvalue weighted by Crippen LogP contribution is 2.29. The summed E-state index contributed by atoms with van der Waals surface area (Å²) in [5.74, 6) is 0.188. The van der Waals surface area contributed by atoms with E-state index in [1.807, 2.05) is 27.7 Å². The first-order chi connectivity index (χ1) is 7.52. The molecular weight excluding hydrogens is 236 g/mol. The molecule has 0 amide bonds. The van der Waals surface area contributed by atoms with Crippen molar-refractivity contribution < 1.29 is 4.79 Å². The smallest absolute Gasteiger partial charge is 0.195 e. The Morgan fingerprint density at radius 1 is 0.875 bits per heavy atom. The molecule has 0 radical (unpaired) electrons. The van der Waals surface area contributed by atoms with Crippen LogP contribution in [-0.2, 0) is 0 Å². The summed E-state index contributed by atoms with van der Waals surface area (Å²) in [6.45, 7) is 8.05. The number of hydrogen-bond donors (Lipinski definition) is 0. The highest BCUT2D eigenvalue weighted by Gasteiger charge is 2.20. The van der Waals surface area contributed by atoms with Crippen LogP contribution in [0.1, 0.15) is 36.8 Å². The number of hydrogen-bond acceptors (Lipinski definition) is 3. The topological polar surface area (TPSA) is 17.1 Å². The second-order valence-corrected chi connectivity index (χ2v) is 6.20. The van der Waals surface area contributed by atoms with Crippen molar-refractivity contribution in [3.05, 3.63) is 42.8 Å². The summed E-state index contributed by atoms with van der Waals surface area (Å²) in [6.07, 6.45) is 0. The fourth-order valence-electron chi connectivity index (χ4n) is 1.95. The Balaban J connectivity index is 2.56. The molecule has 0 atom stereocenters. The largest absolute Gasteiger partial charge is 0.289 e. The summed E-state index contributed by atoms with van der Waals surface area (Å²) in [4.78, 5) is 14.7. The van der Waals surface area contributed by atoms with Crippen molar-refractivity contribution in [2.24, 2.45) is 0 Å². The van der Waals surface area contributed by atoms with Gasteiger partial charge in [0.2, 0.25) is 0 Å². The zero-order chi connectivity index (χ0) is 11.9. The monoisotopic (exact) mass is 250 g/mol. The minimum absolute atomic E-state index is 0.188. The first-order valence-electron chi connectivity index (χ1n) is 5.16. The van der Waals surface area contributed by atoms with Gasteiger partial charge >= 0.3 is 0 Å². The molecule has 2 aromatic heterocycles. The molecule has 0 saturated heterocycles. The molecule has 0 aromatic carbocycles. The minimum atomic E-state index is 0.188. The zero-order valence-electron chi connectivity index (χ0n) is 9.88. The van der Waals surface area contributed by atoms with Crippen LogP contribution in [0.2, 0.25) is 0 Å². The van der Waals surface area contributed by atoms with E-state index in [9.17, 15) is 4.79 Å². The van der Waals surface area contributed by atoms with E-state index in [1.165, 1.54) is 0 Å². The molecule has 1 nitrogen and oxygen atoms in total. The summed E-state index contributed by atoms with van der Waals surface area (Å²) in [5.41, 5.74) is 3.99. The summed E-state index contributed by atoms with van der Waals surface area (Å²) in [6, 6.07) is 0. The van der Waals surface area contributed by atoms with Crippen LogP contribution in [0.25, 0.3) is 0 Å². The number of rotatable bonds is 2. The predicted octanol–water partition coefficient (Wildman–Crippen LogP) is 4.27. The molecule has 16 heavy (non-hydrogen) atoms. The maximum Gasteiger partial charge on any atom is 0.195 e. The van der Waals surface area contributed by atoms with Crippen LogP contribution in [0.3, 0.4) is 0 Å². The van der Waals surface area contributed by atoms with E-state index in [2.05, 4.69) is 10.8 Å². The lowest BCUT2D eigenvalue weighted by Crippen LogP contribution is -2.05.